The Morgan fingerprint density at radius 2 is 2.06 bits per heavy atom. The third kappa shape index (κ3) is 3.41. The first kappa shape index (κ1) is 13.3. The van der Waals surface area contributed by atoms with Crippen molar-refractivity contribution in [2.75, 3.05) is 19.7 Å². The summed E-state index contributed by atoms with van der Waals surface area (Å²) in [6.07, 6.45) is 1.58. The molecule has 0 N–H and O–H groups in total. The third-order valence-electron chi connectivity index (χ3n) is 2.80. The number of hydrogen-bond acceptors (Lipinski definition) is 3. The highest BCUT2D eigenvalue weighted by Crippen LogP contribution is 2.12. The van der Waals surface area contributed by atoms with E-state index in [1.807, 2.05) is 37.3 Å². The molecular formula is C13H17NO3S. The van der Waals surface area contributed by atoms with E-state index in [4.69, 9.17) is 4.74 Å². The number of morpholine rings is 1. The van der Waals surface area contributed by atoms with Crippen molar-refractivity contribution < 1.29 is 13.2 Å². The predicted molar refractivity (Wildman–Crippen MR) is 71.4 cm³/mol. The Morgan fingerprint density at radius 1 is 1.33 bits per heavy atom. The molecule has 4 nitrogen and oxygen atoms in total. The van der Waals surface area contributed by atoms with Crippen LogP contribution < -0.4 is 0 Å². The van der Waals surface area contributed by atoms with Gasteiger partial charge in [-0.15, -0.1) is 0 Å². The number of sulfonamides is 1. The molecule has 0 saturated carbocycles. The number of hydrogen-bond donors (Lipinski definition) is 0. The molecule has 2 rings (SSSR count). The fourth-order valence-corrected chi connectivity index (χ4v) is 3.08. The van der Waals surface area contributed by atoms with Gasteiger partial charge in [-0.05, 0) is 18.6 Å². The second-order valence-corrected chi connectivity index (χ2v) is 6.12. The molecule has 1 aromatic carbocycles. The van der Waals surface area contributed by atoms with Crippen molar-refractivity contribution in [3.63, 3.8) is 0 Å². The minimum absolute atomic E-state index is 0.0429. The number of rotatable bonds is 3. The minimum atomic E-state index is -3.34. The molecule has 0 spiro atoms. The standard InChI is InChI=1S/C13H17NO3S/c1-12-11-14(8-9-17-12)18(15,16)10-7-13-5-3-2-4-6-13/h2-7,10,12H,8-9,11H2,1H3/b10-7+. The van der Waals surface area contributed by atoms with Crippen LogP contribution in [0.25, 0.3) is 6.08 Å². The Morgan fingerprint density at radius 3 is 2.72 bits per heavy atom. The zero-order chi connectivity index (χ0) is 13.0. The maximum atomic E-state index is 12.1. The first-order valence-electron chi connectivity index (χ1n) is 5.93. The monoisotopic (exact) mass is 267 g/mol. The van der Waals surface area contributed by atoms with Crippen molar-refractivity contribution in [3.8, 4) is 0 Å². The van der Waals surface area contributed by atoms with E-state index in [1.165, 1.54) is 9.71 Å². The Labute approximate surface area is 108 Å². The van der Waals surface area contributed by atoms with Gasteiger partial charge in [-0.2, -0.15) is 4.31 Å². The zero-order valence-electron chi connectivity index (χ0n) is 10.3. The molecule has 18 heavy (non-hydrogen) atoms. The van der Waals surface area contributed by atoms with E-state index in [1.54, 1.807) is 6.08 Å². The molecule has 0 aliphatic carbocycles. The average molecular weight is 267 g/mol. The Balaban J connectivity index is 2.09. The van der Waals surface area contributed by atoms with Gasteiger partial charge in [0.1, 0.15) is 0 Å². The molecule has 1 saturated heterocycles. The van der Waals surface area contributed by atoms with Gasteiger partial charge in [0.15, 0.2) is 0 Å². The fraction of sp³-hybridized carbons (Fsp3) is 0.385. The minimum Gasteiger partial charge on any atom is -0.376 e. The van der Waals surface area contributed by atoms with Crippen molar-refractivity contribution >= 4 is 16.1 Å². The maximum Gasteiger partial charge on any atom is 0.236 e. The van der Waals surface area contributed by atoms with Gasteiger partial charge < -0.3 is 4.74 Å². The number of ether oxygens (including phenoxy) is 1. The van der Waals surface area contributed by atoms with E-state index in [2.05, 4.69) is 0 Å². The molecule has 1 unspecified atom stereocenters. The summed E-state index contributed by atoms with van der Waals surface area (Å²) < 4.78 is 31.0. The van der Waals surface area contributed by atoms with Gasteiger partial charge in [0.2, 0.25) is 10.0 Å². The average Bonchev–Trinajstić information content (AvgIpc) is 2.38. The number of benzene rings is 1. The summed E-state index contributed by atoms with van der Waals surface area (Å²) in [4.78, 5) is 0. The van der Waals surface area contributed by atoms with Crippen LogP contribution in [0, 0.1) is 0 Å². The van der Waals surface area contributed by atoms with Gasteiger partial charge in [-0.25, -0.2) is 8.42 Å². The molecule has 1 aliphatic rings. The van der Waals surface area contributed by atoms with Crippen LogP contribution in [0.3, 0.4) is 0 Å². The first-order chi connectivity index (χ1) is 8.58. The van der Waals surface area contributed by atoms with Crippen LogP contribution in [0.15, 0.2) is 35.7 Å². The van der Waals surface area contributed by atoms with Gasteiger partial charge in [0, 0.05) is 18.5 Å². The largest absolute Gasteiger partial charge is 0.376 e. The first-order valence-corrected chi connectivity index (χ1v) is 7.43. The van der Waals surface area contributed by atoms with E-state index in [-0.39, 0.29) is 6.10 Å². The van der Waals surface area contributed by atoms with Gasteiger partial charge in [-0.1, -0.05) is 30.3 Å². The lowest BCUT2D eigenvalue weighted by Crippen LogP contribution is -2.43. The molecule has 98 valence electrons. The Kier molecular flexibility index (Phi) is 4.16. The van der Waals surface area contributed by atoms with E-state index in [0.717, 1.165) is 5.56 Å². The van der Waals surface area contributed by atoms with Crippen molar-refractivity contribution in [2.45, 2.75) is 13.0 Å². The predicted octanol–water partition coefficient (Wildman–Crippen LogP) is 1.71. The summed E-state index contributed by atoms with van der Waals surface area (Å²) in [6, 6.07) is 9.39. The molecule has 0 radical (unpaired) electrons. The van der Waals surface area contributed by atoms with E-state index >= 15 is 0 Å². The van der Waals surface area contributed by atoms with Gasteiger partial charge in [0.25, 0.3) is 0 Å². The van der Waals surface area contributed by atoms with E-state index in [0.29, 0.717) is 19.7 Å². The van der Waals surface area contributed by atoms with Crippen LogP contribution in [0.2, 0.25) is 0 Å². The van der Waals surface area contributed by atoms with Crippen molar-refractivity contribution in [2.24, 2.45) is 0 Å². The van der Waals surface area contributed by atoms with Crippen LogP contribution in [-0.2, 0) is 14.8 Å². The molecule has 5 heteroatoms. The lowest BCUT2D eigenvalue weighted by Gasteiger charge is -2.29. The van der Waals surface area contributed by atoms with E-state index < -0.39 is 10.0 Å². The number of nitrogens with zero attached hydrogens (tertiary/aromatic N) is 1. The molecule has 0 amide bonds. The van der Waals surface area contributed by atoms with E-state index in [9.17, 15) is 8.42 Å². The quantitative estimate of drug-likeness (QED) is 0.837. The molecule has 0 bridgehead atoms. The smallest absolute Gasteiger partial charge is 0.236 e. The highest BCUT2D eigenvalue weighted by atomic mass is 32.2. The molecule has 1 atom stereocenters. The van der Waals surface area contributed by atoms with Crippen LogP contribution in [0.1, 0.15) is 12.5 Å². The summed E-state index contributed by atoms with van der Waals surface area (Å²) in [7, 11) is -3.34. The molecule has 1 aliphatic heterocycles. The van der Waals surface area contributed by atoms with Crippen LogP contribution in [0.4, 0.5) is 0 Å². The highest BCUT2D eigenvalue weighted by molar-refractivity contribution is 7.92. The summed E-state index contributed by atoms with van der Waals surface area (Å²) in [5.41, 5.74) is 0.877. The third-order valence-corrected chi connectivity index (χ3v) is 4.33. The topological polar surface area (TPSA) is 46.6 Å². The molecular weight excluding hydrogens is 250 g/mol. The van der Waals surface area contributed by atoms with Crippen LogP contribution in [0.5, 0.6) is 0 Å². The Hall–Kier alpha value is -1.17. The lowest BCUT2D eigenvalue weighted by molar-refractivity contribution is 0.0106. The maximum absolute atomic E-state index is 12.1. The van der Waals surface area contributed by atoms with Crippen molar-refractivity contribution in [1.82, 2.24) is 4.31 Å². The molecule has 0 aromatic heterocycles. The lowest BCUT2D eigenvalue weighted by atomic mass is 10.2. The molecule has 1 aromatic rings. The van der Waals surface area contributed by atoms with Gasteiger partial charge in [0.05, 0.1) is 12.7 Å². The molecule has 1 fully saturated rings. The SMILES string of the molecule is CC1CN(S(=O)(=O)/C=C/c2ccccc2)CCO1. The van der Waals surface area contributed by atoms with Gasteiger partial charge in [-0.3, -0.25) is 0 Å². The second kappa shape index (κ2) is 5.65. The summed E-state index contributed by atoms with van der Waals surface area (Å²) in [5, 5.41) is 1.26. The van der Waals surface area contributed by atoms with Crippen LogP contribution in [-0.4, -0.2) is 38.5 Å². The van der Waals surface area contributed by atoms with Gasteiger partial charge >= 0.3 is 0 Å². The van der Waals surface area contributed by atoms with Crippen molar-refractivity contribution in [3.05, 3.63) is 41.3 Å². The summed E-state index contributed by atoms with van der Waals surface area (Å²) in [6.45, 7) is 3.18. The Bertz CT molecular complexity index is 510. The van der Waals surface area contributed by atoms with Crippen LogP contribution >= 0.6 is 0 Å². The molecule has 1 heterocycles. The zero-order valence-corrected chi connectivity index (χ0v) is 11.1. The fourth-order valence-electron chi connectivity index (χ4n) is 1.83. The van der Waals surface area contributed by atoms with Crippen molar-refractivity contribution in [1.29, 1.82) is 0 Å². The summed E-state index contributed by atoms with van der Waals surface area (Å²) >= 11 is 0. The highest BCUT2D eigenvalue weighted by Gasteiger charge is 2.25. The normalized spacial score (nSPS) is 22.4. The summed E-state index contributed by atoms with van der Waals surface area (Å²) in [5.74, 6) is 0. The second-order valence-electron chi connectivity index (χ2n) is 4.30.